The van der Waals surface area contributed by atoms with Crippen LogP contribution in [0.4, 0.5) is 0 Å². The first kappa shape index (κ1) is 12.3. The lowest BCUT2D eigenvalue weighted by molar-refractivity contribution is 0.113. The number of nitrogens with one attached hydrogen (secondary N) is 1. The van der Waals surface area contributed by atoms with E-state index in [1.54, 1.807) is 4.68 Å². The van der Waals surface area contributed by atoms with E-state index in [1.165, 1.54) is 0 Å². The minimum atomic E-state index is 0.251. The molecule has 2 unspecified atom stereocenters. The van der Waals surface area contributed by atoms with Crippen molar-refractivity contribution >= 4 is 0 Å². The predicted molar refractivity (Wildman–Crippen MR) is 69.8 cm³/mol. The molecule has 6 nitrogen and oxygen atoms in total. The number of benzene rings is 1. The number of ether oxygens (including phenoxy) is 1. The van der Waals surface area contributed by atoms with Crippen molar-refractivity contribution in [3.05, 3.63) is 36.2 Å². The van der Waals surface area contributed by atoms with Gasteiger partial charge in [-0.15, -0.1) is 5.10 Å². The Balaban J connectivity index is 1.71. The summed E-state index contributed by atoms with van der Waals surface area (Å²) in [6.07, 6.45) is 1.29. The number of tetrazole rings is 1. The zero-order chi connectivity index (χ0) is 13.1. The van der Waals surface area contributed by atoms with Crippen molar-refractivity contribution in [2.75, 3.05) is 6.61 Å². The molecule has 0 saturated carbocycles. The smallest absolute Gasteiger partial charge is 0.170 e. The molecule has 0 radical (unpaired) electrons. The van der Waals surface area contributed by atoms with Gasteiger partial charge < -0.3 is 10.1 Å². The van der Waals surface area contributed by atoms with Crippen molar-refractivity contribution in [3.8, 4) is 5.69 Å². The van der Waals surface area contributed by atoms with E-state index < -0.39 is 0 Å². The standard InChI is InChI=1S/C13H17N5O/c1-10-12(7-8-19-10)14-9-13-15-16-17-18(13)11-5-3-2-4-6-11/h2-6,10,12,14H,7-9H2,1H3. The van der Waals surface area contributed by atoms with Gasteiger partial charge in [-0.25, -0.2) is 0 Å². The SMILES string of the molecule is CC1OCCC1NCc1nnnn1-c1ccccc1. The number of hydrogen-bond donors (Lipinski definition) is 1. The summed E-state index contributed by atoms with van der Waals surface area (Å²) in [5.74, 6) is 0.810. The molecule has 0 amide bonds. The largest absolute Gasteiger partial charge is 0.377 e. The third-order valence-electron chi connectivity index (χ3n) is 3.43. The molecule has 1 N–H and O–H groups in total. The van der Waals surface area contributed by atoms with Gasteiger partial charge in [0.25, 0.3) is 0 Å². The molecule has 2 atom stereocenters. The highest BCUT2D eigenvalue weighted by Gasteiger charge is 2.24. The molecule has 1 aliphatic rings. The van der Waals surface area contributed by atoms with Gasteiger partial charge in [-0.1, -0.05) is 18.2 Å². The topological polar surface area (TPSA) is 64.9 Å². The van der Waals surface area contributed by atoms with E-state index in [2.05, 4.69) is 27.8 Å². The third kappa shape index (κ3) is 2.64. The lowest BCUT2D eigenvalue weighted by atomic mass is 10.1. The number of para-hydroxylation sites is 1. The summed E-state index contributed by atoms with van der Waals surface area (Å²) in [6, 6.07) is 10.3. The van der Waals surface area contributed by atoms with Gasteiger partial charge in [0.2, 0.25) is 0 Å². The Morgan fingerprint density at radius 3 is 2.95 bits per heavy atom. The van der Waals surface area contributed by atoms with Crippen LogP contribution in [0, 0.1) is 0 Å². The highest BCUT2D eigenvalue weighted by atomic mass is 16.5. The maximum absolute atomic E-state index is 5.53. The highest BCUT2D eigenvalue weighted by molar-refractivity contribution is 5.30. The van der Waals surface area contributed by atoms with E-state index >= 15 is 0 Å². The Bertz CT molecular complexity index is 527. The van der Waals surface area contributed by atoms with E-state index in [9.17, 15) is 0 Å². The van der Waals surface area contributed by atoms with Gasteiger partial charge in [0.05, 0.1) is 18.3 Å². The maximum atomic E-state index is 5.53. The molecule has 0 bridgehead atoms. The van der Waals surface area contributed by atoms with Gasteiger partial charge in [-0.05, 0) is 35.9 Å². The molecule has 1 aromatic carbocycles. The summed E-state index contributed by atoms with van der Waals surface area (Å²) < 4.78 is 7.29. The van der Waals surface area contributed by atoms with Crippen LogP contribution in [0.15, 0.2) is 30.3 Å². The Labute approximate surface area is 111 Å². The fourth-order valence-electron chi connectivity index (χ4n) is 2.31. The molecule has 0 aliphatic carbocycles. The van der Waals surface area contributed by atoms with Gasteiger partial charge in [0.1, 0.15) is 0 Å². The zero-order valence-corrected chi connectivity index (χ0v) is 10.9. The Hall–Kier alpha value is -1.79. The van der Waals surface area contributed by atoms with E-state index in [0.717, 1.165) is 24.5 Å². The third-order valence-corrected chi connectivity index (χ3v) is 3.43. The summed E-state index contributed by atoms with van der Waals surface area (Å²) in [4.78, 5) is 0. The van der Waals surface area contributed by atoms with Crippen LogP contribution >= 0.6 is 0 Å². The summed E-state index contributed by atoms with van der Waals surface area (Å²) >= 11 is 0. The summed E-state index contributed by atoms with van der Waals surface area (Å²) in [5.41, 5.74) is 0.972. The van der Waals surface area contributed by atoms with Crippen molar-refractivity contribution in [1.29, 1.82) is 0 Å². The number of nitrogens with zero attached hydrogens (tertiary/aromatic N) is 4. The van der Waals surface area contributed by atoms with Crippen LogP contribution in [-0.4, -0.2) is 39.0 Å². The first-order valence-electron chi connectivity index (χ1n) is 6.52. The summed E-state index contributed by atoms with van der Waals surface area (Å²) in [6.45, 7) is 3.55. The lowest BCUT2D eigenvalue weighted by Crippen LogP contribution is -2.34. The average Bonchev–Trinajstić information content (AvgIpc) is 3.06. The minimum absolute atomic E-state index is 0.251. The Morgan fingerprint density at radius 1 is 1.37 bits per heavy atom. The van der Waals surface area contributed by atoms with Gasteiger partial charge in [0, 0.05) is 12.6 Å². The summed E-state index contributed by atoms with van der Waals surface area (Å²) in [7, 11) is 0. The van der Waals surface area contributed by atoms with Crippen molar-refractivity contribution in [3.63, 3.8) is 0 Å². The van der Waals surface area contributed by atoms with Crippen molar-refractivity contribution in [1.82, 2.24) is 25.5 Å². The Kier molecular flexibility index (Phi) is 3.52. The van der Waals surface area contributed by atoms with Crippen molar-refractivity contribution in [2.24, 2.45) is 0 Å². The van der Waals surface area contributed by atoms with E-state index in [-0.39, 0.29) is 6.10 Å². The molecule has 19 heavy (non-hydrogen) atoms. The second kappa shape index (κ2) is 5.46. The molecule has 0 spiro atoms. The van der Waals surface area contributed by atoms with Gasteiger partial charge in [-0.3, -0.25) is 0 Å². The molecule has 100 valence electrons. The fraction of sp³-hybridized carbons (Fsp3) is 0.462. The van der Waals surface area contributed by atoms with Crippen molar-refractivity contribution in [2.45, 2.75) is 32.0 Å². The van der Waals surface area contributed by atoms with Gasteiger partial charge >= 0.3 is 0 Å². The zero-order valence-electron chi connectivity index (χ0n) is 10.9. The van der Waals surface area contributed by atoms with Crippen LogP contribution in [0.5, 0.6) is 0 Å². The van der Waals surface area contributed by atoms with Crippen LogP contribution < -0.4 is 5.32 Å². The second-order valence-corrected chi connectivity index (χ2v) is 4.69. The molecule has 2 heterocycles. The normalized spacial score (nSPS) is 22.8. The summed E-state index contributed by atoms with van der Waals surface area (Å²) in [5, 5.41) is 15.3. The van der Waals surface area contributed by atoms with Crippen LogP contribution in [0.1, 0.15) is 19.2 Å². The van der Waals surface area contributed by atoms with Crippen LogP contribution in [-0.2, 0) is 11.3 Å². The molecule has 3 rings (SSSR count). The maximum Gasteiger partial charge on any atom is 0.170 e. The average molecular weight is 259 g/mol. The molecule has 1 saturated heterocycles. The number of hydrogen-bond acceptors (Lipinski definition) is 5. The molecule has 1 aliphatic heterocycles. The minimum Gasteiger partial charge on any atom is -0.377 e. The number of aromatic nitrogens is 4. The predicted octanol–water partition coefficient (Wildman–Crippen LogP) is 0.929. The van der Waals surface area contributed by atoms with E-state index in [0.29, 0.717) is 12.6 Å². The first-order chi connectivity index (χ1) is 9.34. The Morgan fingerprint density at radius 2 is 2.21 bits per heavy atom. The molecule has 2 aromatic rings. The molecular weight excluding hydrogens is 242 g/mol. The second-order valence-electron chi connectivity index (χ2n) is 4.69. The lowest BCUT2D eigenvalue weighted by Gasteiger charge is -2.15. The molecule has 6 heteroatoms. The molecule has 1 fully saturated rings. The number of rotatable bonds is 4. The van der Waals surface area contributed by atoms with Crippen LogP contribution in [0.3, 0.4) is 0 Å². The van der Waals surface area contributed by atoms with Crippen LogP contribution in [0.2, 0.25) is 0 Å². The first-order valence-corrected chi connectivity index (χ1v) is 6.52. The molecule has 1 aromatic heterocycles. The van der Waals surface area contributed by atoms with E-state index in [1.807, 2.05) is 30.3 Å². The van der Waals surface area contributed by atoms with Crippen molar-refractivity contribution < 1.29 is 4.74 Å². The van der Waals surface area contributed by atoms with E-state index in [4.69, 9.17) is 4.74 Å². The van der Waals surface area contributed by atoms with Gasteiger partial charge in [0.15, 0.2) is 5.82 Å². The fourth-order valence-corrected chi connectivity index (χ4v) is 2.31. The monoisotopic (exact) mass is 259 g/mol. The molecular formula is C13H17N5O. The quantitative estimate of drug-likeness (QED) is 0.885. The van der Waals surface area contributed by atoms with Crippen LogP contribution in [0.25, 0.3) is 5.69 Å². The van der Waals surface area contributed by atoms with Gasteiger partial charge in [-0.2, -0.15) is 4.68 Å². The highest BCUT2D eigenvalue weighted by Crippen LogP contribution is 2.13.